The SMILES string of the molecule is Cc1ccc2c(c1)CC(CNC1(CO)CC1)O2. The van der Waals surface area contributed by atoms with Crippen LogP contribution >= 0.6 is 0 Å². The molecule has 0 radical (unpaired) electrons. The Morgan fingerprint density at radius 2 is 2.29 bits per heavy atom. The fraction of sp³-hybridized carbons (Fsp3) is 0.571. The predicted octanol–water partition coefficient (Wildman–Crippen LogP) is 1.41. The molecule has 1 aromatic rings. The van der Waals surface area contributed by atoms with E-state index >= 15 is 0 Å². The second-order valence-electron chi connectivity index (χ2n) is 5.37. The van der Waals surface area contributed by atoms with E-state index in [0.29, 0.717) is 0 Å². The van der Waals surface area contributed by atoms with Gasteiger partial charge in [-0.25, -0.2) is 0 Å². The number of fused-ring (bicyclic) bond motifs is 1. The quantitative estimate of drug-likeness (QED) is 0.826. The van der Waals surface area contributed by atoms with Crippen LogP contribution in [0, 0.1) is 6.92 Å². The van der Waals surface area contributed by atoms with Gasteiger partial charge in [-0.15, -0.1) is 0 Å². The van der Waals surface area contributed by atoms with Gasteiger partial charge >= 0.3 is 0 Å². The minimum Gasteiger partial charge on any atom is -0.488 e. The molecule has 1 atom stereocenters. The molecule has 17 heavy (non-hydrogen) atoms. The average molecular weight is 233 g/mol. The Morgan fingerprint density at radius 3 is 3.00 bits per heavy atom. The topological polar surface area (TPSA) is 41.5 Å². The van der Waals surface area contributed by atoms with Gasteiger partial charge in [0, 0.05) is 18.5 Å². The maximum absolute atomic E-state index is 9.24. The fourth-order valence-corrected chi connectivity index (χ4v) is 2.44. The number of nitrogens with one attached hydrogen (secondary N) is 1. The van der Waals surface area contributed by atoms with E-state index in [2.05, 4.69) is 30.4 Å². The first-order chi connectivity index (χ1) is 8.21. The first kappa shape index (κ1) is 11.1. The van der Waals surface area contributed by atoms with E-state index in [1.165, 1.54) is 11.1 Å². The molecule has 3 nitrogen and oxygen atoms in total. The molecule has 3 heteroatoms. The molecule has 0 amide bonds. The van der Waals surface area contributed by atoms with Gasteiger partial charge in [0.05, 0.1) is 6.61 Å². The molecule has 1 aliphatic heterocycles. The zero-order chi connectivity index (χ0) is 11.9. The molecule has 1 heterocycles. The highest BCUT2D eigenvalue weighted by Gasteiger charge is 2.42. The maximum Gasteiger partial charge on any atom is 0.123 e. The Morgan fingerprint density at radius 1 is 1.47 bits per heavy atom. The van der Waals surface area contributed by atoms with Crippen LogP contribution in [0.3, 0.4) is 0 Å². The van der Waals surface area contributed by atoms with Gasteiger partial charge in [0.15, 0.2) is 0 Å². The standard InChI is InChI=1S/C14H19NO2/c1-10-2-3-13-11(6-10)7-12(17-13)8-15-14(9-16)4-5-14/h2-3,6,12,15-16H,4-5,7-9H2,1H3. The lowest BCUT2D eigenvalue weighted by molar-refractivity contribution is 0.189. The third-order valence-corrected chi connectivity index (χ3v) is 3.82. The van der Waals surface area contributed by atoms with E-state index in [1.54, 1.807) is 0 Å². The van der Waals surface area contributed by atoms with Crippen molar-refractivity contribution in [2.75, 3.05) is 13.2 Å². The molecule has 0 saturated heterocycles. The smallest absolute Gasteiger partial charge is 0.123 e. The lowest BCUT2D eigenvalue weighted by Gasteiger charge is -2.17. The van der Waals surface area contributed by atoms with Crippen LogP contribution in [0.25, 0.3) is 0 Å². The minimum absolute atomic E-state index is 0.00799. The zero-order valence-corrected chi connectivity index (χ0v) is 10.2. The van der Waals surface area contributed by atoms with Crippen LogP contribution in [0.4, 0.5) is 0 Å². The molecule has 0 aromatic heterocycles. The molecule has 1 fully saturated rings. The predicted molar refractivity (Wildman–Crippen MR) is 66.4 cm³/mol. The molecule has 1 aliphatic carbocycles. The van der Waals surface area contributed by atoms with Gasteiger partial charge < -0.3 is 15.2 Å². The molecule has 1 saturated carbocycles. The summed E-state index contributed by atoms with van der Waals surface area (Å²) in [5.74, 6) is 1.02. The van der Waals surface area contributed by atoms with Gasteiger partial charge in [-0.1, -0.05) is 17.7 Å². The van der Waals surface area contributed by atoms with E-state index in [4.69, 9.17) is 4.74 Å². The summed E-state index contributed by atoms with van der Waals surface area (Å²) < 4.78 is 5.89. The highest BCUT2D eigenvalue weighted by atomic mass is 16.5. The number of benzene rings is 1. The van der Waals surface area contributed by atoms with Crippen molar-refractivity contribution in [3.8, 4) is 5.75 Å². The molecule has 1 aromatic carbocycles. The van der Waals surface area contributed by atoms with Crippen LogP contribution in [-0.2, 0) is 6.42 Å². The maximum atomic E-state index is 9.24. The molecule has 92 valence electrons. The summed E-state index contributed by atoms with van der Waals surface area (Å²) in [6.45, 7) is 3.18. The molecule has 2 N–H and O–H groups in total. The lowest BCUT2D eigenvalue weighted by atomic mass is 10.1. The van der Waals surface area contributed by atoms with Gasteiger partial charge in [-0.2, -0.15) is 0 Å². The highest BCUT2D eigenvalue weighted by Crippen LogP contribution is 2.35. The van der Waals surface area contributed by atoms with Crippen LogP contribution in [0.1, 0.15) is 24.0 Å². The summed E-state index contributed by atoms with van der Waals surface area (Å²) in [6.07, 6.45) is 3.37. The Bertz CT molecular complexity index is 426. The van der Waals surface area contributed by atoms with Gasteiger partial charge in [-0.3, -0.25) is 0 Å². The normalized spacial score (nSPS) is 24.2. The molecule has 2 aliphatic rings. The van der Waals surface area contributed by atoms with Gasteiger partial charge in [0.2, 0.25) is 0 Å². The lowest BCUT2D eigenvalue weighted by Crippen LogP contribution is -2.41. The first-order valence-electron chi connectivity index (χ1n) is 6.33. The van der Waals surface area contributed by atoms with Crippen molar-refractivity contribution in [1.29, 1.82) is 0 Å². The molecule has 0 bridgehead atoms. The van der Waals surface area contributed by atoms with E-state index < -0.39 is 0 Å². The van der Waals surface area contributed by atoms with Gasteiger partial charge in [-0.05, 0) is 31.4 Å². The van der Waals surface area contributed by atoms with Crippen LogP contribution in [0.5, 0.6) is 5.75 Å². The molecular weight excluding hydrogens is 214 g/mol. The van der Waals surface area contributed by atoms with Crippen molar-refractivity contribution < 1.29 is 9.84 Å². The number of aliphatic hydroxyl groups is 1. The Balaban J connectivity index is 1.59. The summed E-state index contributed by atoms with van der Waals surface area (Å²) in [7, 11) is 0. The zero-order valence-electron chi connectivity index (χ0n) is 10.2. The summed E-state index contributed by atoms with van der Waals surface area (Å²) in [5, 5.41) is 12.7. The van der Waals surface area contributed by atoms with Crippen molar-refractivity contribution >= 4 is 0 Å². The third kappa shape index (κ3) is 2.17. The van der Waals surface area contributed by atoms with E-state index in [0.717, 1.165) is 31.6 Å². The van der Waals surface area contributed by atoms with Crippen LogP contribution in [0.2, 0.25) is 0 Å². The minimum atomic E-state index is 0.00799. The average Bonchev–Trinajstić information content (AvgIpc) is 3.00. The van der Waals surface area contributed by atoms with Gasteiger partial charge in [0.1, 0.15) is 11.9 Å². The molecule has 0 spiro atoms. The molecule has 1 unspecified atom stereocenters. The van der Waals surface area contributed by atoms with Crippen LogP contribution in [-0.4, -0.2) is 29.9 Å². The van der Waals surface area contributed by atoms with Crippen LogP contribution < -0.4 is 10.1 Å². The first-order valence-corrected chi connectivity index (χ1v) is 6.33. The summed E-state index contributed by atoms with van der Waals surface area (Å²) in [6, 6.07) is 6.35. The number of aryl methyl sites for hydroxylation is 1. The summed E-state index contributed by atoms with van der Waals surface area (Å²) in [4.78, 5) is 0. The monoisotopic (exact) mass is 233 g/mol. The van der Waals surface area contributed by atoms with Gasteiger partial charge in [0.25, 0.3) is 0 Å². The van der Waals surface area contributed by atoms with E-state index in [1.807, 2.05) is 0 Å². The van der Waals surface area contributed by atoms with Crippen molar-refractivity contribution in [2.45, 2.75) is 37.8 Å². The second-order valence-corrected chi connectivity index (χ2v) is 5.37. The number of hydrogen-bond donors (Lipinski definition) is 2. The van der Waals surface area contributed by atoms with Crippen molar-refractivity contribution in [1.82, 2.24) is 5.32 Å². The number of rotatable bonds is 4. The largest absolute Gasteiger partial charge is 0.488 e. The third-order valence-electron chi connectivity index (χ3n) is 3.82. The van der Waals surface area contributed by atoms with E-state index in [-0.39, 0.29) is 18.2 Å². The molecule has 3 rings (SSSR count). The Kier molecular flexibility index (Phi) is 2.60. The number of hydrogen-bond acceptors (Lipinski definition) is 3. The Labute approximate surface area is 102 Å². The second kappa shape index (κ2) is 4.00. The number of aliphatic hydroxyl groups excluding tert-OH is 1. The van der Waals surface area contributed by atoms with E-state index in [9.17, 15) is 5.11 Å². The Hall–Kier alpha value is -1.06. The summed E-state index contributed by atoms with van der Waals surface area (Å²) in [5.41, 5.74) is 2.61. The fourth-order valence-electron chi connectivity index (χ4n) is 2.44. The summed E-state index contributed by atoms with van der Waals surface area (Å²) >= 11 is 0. The van der Waals surface area contributed by atoms with Crippen molar-refractivity contribution in [3.63, 3.8) is 0 Å². The number of ether oxygens (including phenoxy) is 1. The highest BCUT2D eigenvalue weighted by molar-refractivity contribution is 5.40. The molecular formula is C14H19NO2. The van der Waals surface area contributed by atoms with Crippen LogP contribution in [0.15, 0.2) is 18.2 Å². The van der Waals surface area contributed by atoms with Crippen molar-refractivity contribution in [2.24, 2.45) is 0 Å². The van der Waals surface area contributed by atoms with Crippen molar-refractivity contribution in [3.05, 3.63) is 29.3 Å².